The zero-order valence-electron chi connectivity index (χ0n) is 12.5. The van der Waals surface area contributed by atoms with Gasteiger partial charge in [-0.15, -0.1) is 0 Å². The Hall–Kier alpha value is -2.88. The Morgan fingerprint density at radius 2 is 1.82 bits per heavy atom. The van der Waals surface area contributed by atoms with Crippen LogP contribution in [-0.2, 0) is 4.79 Å². The van der Waals surface area contributed by atoms with E-state index in [1.54, 1.807) is 37.5 Å². The van der Waals surface area contributed by atoms with E-state index in [0.717, 1.165) is 11.3 Å². The molecule has 0 saturated carbocycles. The van der Waals surface area contributed by atoms with Crippen molar-refractivity contribution in [3.05, 3.63) is 65.7 Å². The van der Waals surface area contributed by atoms with Crippen molar-refractivity contribution in [1.82, 2.24) is 0 Å². The van der Waals surface area contributed by atoms with Crippen molar-refractivity contribution in [3.8, 4) is 5.75 Å². The highest BCUT2D eigenvalue weighted by Crippen LogP contribution is 2.13. The highest BCUT2D eigenvalue weighted by atomic mass is 16.5. The largest absolute Gasteiger partial charge is 0.497 e. The molecule has 0 atom stereocenters. The minimum absolute atomic E-state index is 0.0372. The summed E-state index contributed by atoms with van der Waals surface area (Å²) in [6.07, 6.45) is 3.16. The molecule has 4 heteroatoms. The molecule has 2 rings (SSSR count). The van der Waals surface area contributed by atoms with Crippen molar-refractivity contribution in [2.75, 3.05) is 12.4 Å². The van der Waals surface area contributed by atoms with Crippen molar-refractivity contribution in [3.63, 3.8) is 0 Å². The van der Waals surface area contributed by atoms with Crippen LogP contribution in [0.4, 0.5) is 5.69 Å². The van der Waals surface area contributed by atoms with E-state index in [4.69, 9.17) is 4.74 Å². The van der Waals surface area contributed by atoms with Crippen LogP contribution in [0, 0.1) is 0 Å². The minimum atomic E-state index is -0.253. The van der Waals surface area contributed by atoms with E-state index in [0.29, 0.717) is 11.3 Å². The second kappa shape index (κ2) is 7.22. The summed E-state index contributed by atoms with van der Waals surface area (Å²) in [7, 11) is 1.60. The van der Waals surface area contributed by atoms with Crippen LogP contribution in [-0.4, -0.2) is 18.8 Å². The predicted octanol–water partition coefficient (Wildman–Crippen LogP) is 3.55. The van der Waals surface area contributed by atoms with Crippen LogP contribution in [0.15, 0.2) is 54.6 Å². The number of hydrogen-bond acceptors (Lipinski definition) is 3. The number of anilines is 1. The summed E-state index contributed by atoms with van der Waals surface area (Å²) in [5.41, 5.74) is 2.06. The average Bonchev–Trinajstić information content (AvgIpc) is 2.53. The molecule has 0 heterocycles. The number of carbonyl (C=O) groups is 2. The molecule has 2 aromatic rings. The molecule has 0 aromatic heterocycles. The van der Waals surface area contributed by atoms with E-state index in [1.807, 2.05) is 24.3 Å². The minimum Gasteiger partial charge on any atom is -0.497 e. The van der Waals surface area contributed by atoms with Gasteiger partial charge in [0.2, 0.25) is 5.91 Å². The van der Waals surface area contributed by atoms with Gasteiger partial charge >= 0.3 is 0 Å². The highest BCUT2D eigenvalue weighted by Gasteiger charge is 2.02. The standard InChI is InChI=1S/C18H17NO3/c1-13(20)15-4-3-5-16(12-15)19-18(21)11-8-14-6-9-17(22-2)10-7-14/h3-12H,1-2H3,(H,19,21). The molecule has 0 spiro atoms. The van der Waals surface area contributed by atoms with Crippen LogP contribution in [0.3, 0.4) is 0 Å². The summed E-state index contributed by atoms with van der Waals surface area (Å²) in [6, 6.07) is 14.2. The SMILES string of the molecule is COc1ccc(C=CC(=O)Nc2cccc(C(C)=O)c2)cc1. The quantitative estimate of drug-likeness (QED) is 0.678. The average molecular weight is 295 g/mol. The summed E-state index contributed by atoms with van der Waals surface area (Å²) in [5.74, 6) is 0.476. The van der Waals surface area contributed by atoms with Crippen LogP contribution in [0.25, 0.3) is 6.08 Å². The van der Waals surface area contributed by atoms with Gasteiger partial charge in [0.25, 0.3) is 0 Å². The lowest BCUT2D eigenvalue weighted by molar-refractivity contribution is -0.111. The van der Waals surface area contributed by atoms with E-state index in [-0.39, 0.29) is 11.7 Å². The van der Waals surface area contributed by atoms with Crippen LogP contribution < -0.4 is 10.1 Å². The van der Waals surface area contributed by atoms with E-state index in [1.165, 1.54) is 13.0 Å². The number of carbonyl (C=O) groups excluding carboxylic acids is 2. The molecule has 0 aliphatic rings. The Balaban J connectivity index is 2.01. The number of methoxy groups -OCH3 is 1. The van der Waals surface area contributed by atoms with E-state index < -0.39 is 0 Å². The third-order valence-electron chi connectivity index (χ3n) is 3.08. The fourth-order valence-electron chi connectivity index (χ4n) is 1.89. The van der Waals surface area contributed by atoms with Crippen molar-refractivity contribution < 1.29 is 14.3 Å². The third kappa shape index (κ3) is 4.31. The summed E-state index contributed by atoms with van der Waals surface area (Å²) in [6.45, 7) is 1.49. The van der Waals surface area contributed by atoms with Crippen LogP contribution in [0.1, 0.15) is 22.8 Å². The number of amides is 1. The molecular weight excluding hydrogens is 278 g/mol. The van der Waals surface area contributed by atoms with Gasteiger partial charge in [0.05, 0.1) is 7.11 Å². The van der Waals surface area contributed by atoms with Gasteiger partial charge in [0.1, 0.15) is 5.75 Å². The number of nitrogens with one attached hydrogen (secondary N) is 1. The van der Waals surface area contributed by atoms with E-state index >= 15 is 0 Å². The first-order valence-corrected chi connectivity index (χ1v) is 6.82. The lowest BCUT2D eigenvalue weighted by atomic mass is 10.1. The topological polar surface area (TPSA) is 55.4 Å². The highest BCUT2D eigenvalue weighted by molar-refractivity contribution is 6.03. The molecule has 0 unspecified atom stereocenters. The van der Waals surface area contributed by atoms with Gasteiger partial charge in [0.15, 0.2) is 5.78 Å². The van der Waals surface area contributed by atoms with Gasteiger partial charge < -0.3 is 10.1 Å². The molecular formula is C18H17NO3. The molecule has 0 saturated heterocycles. The van der Waals surface area contributed by atoms with Gasteiger partial charge in [-0.3, -0.25) is 9.59 Å². The van der Waals surface area contributed by atoms with Gasteiger partial charge in [-0.25, -0.2) is 0 Å². The van der Waals surface area contributed by atoms with Crippen molar-refractivity contribution in [2.45, 2.75) is 6.92 Å². The number of ether oxygens (including phenoxy) is 1. The van der Waals surface area contributed by atoms with E-state index in [9.17, 15) is 9.59 Å². The number of rotatable bonds is 5. The second-order valence-electron chi connectivity index (χ2n) is 4.73. The van der Waals surface area contributed by atoms with Gasteiger partial charge in [-0.2, -0.15) is 0 Å². The fourth-order valence-corrected chi connectivity index (χ4v) is 1.89. The number of Topliss-reactive ketones (excluding diaryl/α,β-unsaturated/α-hetero) is 1. The Bertz CT molecular complexity index is 703. The van der Waals surface area contributed by atoms with Crippen molar-refractivity contribution >= 4 is 23.5 Å². The normalized spacial score (nSPS) is 10.5. The molecule has 0 aliphatic heterocycles. The zero-order chi connectivity index (χ0) is 15.9. The van der Waals surface area contributed by atoms with Crippen LogP contribution >= 0.6 is 0 Å². The van der Waals surface area contributed by atoms with Gasteiger partial charge in [0, 0.05) is 17.3 Å². The monoisotopic (exact) mass is 295 g/mol. The lowest BCUT2D eigenvalue weighted by Crippen LogP contribution is -2.08. The molecule has 1 amide bonds. The predicted molar refractivity (Wildman–Crippen MR) is 87.1 cm³/mol. The first-order chi connectivity index (χ1) is 10.6. The first-order valence-electron chi connectivity index (χ1n) is 6.82. The Labute approximate surface area is 129 Å². The summed E-state index contributed by atoms with van der Waals surface area (Å²) < 4.78 is 5.07. The van der Waals surface area contributed by atoms with E-state index in [2.05, 4.69) is 5.32 Å². The summed E-state index contributed by atoms with van der Waals surface area (Å²) >= 11 is 0. The Morgan fingerprint density at radius 3 is 2.45 bits per heavy atom. The third-order valence-corrected chi connectivity index (χ3v) is 3.08. The van der Waals surface area contributed by atoms with Crippen LogP contribution in [0.5, 0.6) is 5.75 Å². The Kier molecular flexibility index (Phi) is 5.09. The molecule has 0 bridgehead atoms. The Morgan fingerprint density at radius 1 is 1.09 bits per heavy atom. The zero-order valence-corrected chi connectivity index (χ0v) is 12.5. The van der Waals surface area contributed by atoms with Gasteiger partial charge in [-0.05, 0) is 42.8 Å². The number of ketones is 1. The molecule has 4 nitrogen and oxygen atoms in total. The molecule has 1 N–H and O–H groups in total. The van der Waals surface area contributed by atoms with Crippen molar-refractivity contribution in [2.24, 2.45) is 0 Å². The molecule has 0 radical (unpaired) electrons. The number of benzene rings is 2. The molecule has 112 valence electrons. The number of hydrogen-bond donors (Lipinski definition) is 1. The maximum Gasteiger partial charge on any atom is 0.248 e. The molecule has 0 fully saturated rings. The summed E-state index contributed by atoms with van der Waals surface area (Å²) in [4.78, 5) is 23.2. The van der Waals surface area contributed by atoms with Gasteiger partial charge in [-0.1, -0.05) is 24.3 Å². The molecule has 22 heavy (non-hydrogen) atoms. The maximum atomic E-state index is 11.9. The second-order valence-corrected chi connectivity index (χ2v) is 4.73. The lowest BCUT2D eigenvalue weighted by Gasteiger charge is -2.04. The maximum absolute atomic E-state index is 11.9. The summed E-state index contributed by atoms with van der Waals surface area (Å²) in [5, 5.41) is 2.73. The fraction of sp³-hybridized carbons (Fsp3) is 0.111. The molecule has 0 aliphatic carbocycles. The first kappa shape index (κ1) is 15.5. The van der Waals surface area contributed by atoms with Crippen molar-refractivity contribution in [1.29, 1.82) is 0 Å². The molecule has 2 aromatic carbocycles. The van der Waals surface area contributed by atoms with Crippen LogP contribution in [0.2, 0.25) is 0 Å². The smallest absolute Gasteiger partial charge is 0.248 e.